The van der Waals surface area contributed by atoms with Gasteiger partial charge in [-0.3, -0.25) is 0 Å². The molecule has 0 N–H and O–H groups in total. The van der Waals surface area contributed by atoms with Gasteiger partial charge in [0.2, 0.25) is 0 Å². The zero-order valence-electron chi connectivity index (χ0n) is 15.5. The van der Waals surface area contributed by atoms with Gasteiger partial charge in [0, 0.05) is 0 Å². The van der Waals surface area contributed by atoms with Crippen LogP contribution in [0, 0.1) is 0 Å². The second kappa shape index (κ2) is 19.3. The molecule has 3 nitrogen and oxygen atoms in total. The lowest BCUT2D eigenvalue weighted by atomic mass is 10.0. The lowest BCUT2D eigenvalue weighted by molar-refractivity contribution is 0.0664. The monoisotopic (exact) mass is 327 g/mol. The van der Waals surface area contributed by atoms with Gasteiger partial charge in [-0.15, -0.1) is 0 Å². The van der Waals surface area contributed by atoms with Crippen LogP contribution in [0.2, 0.25) is 0 Å². The molecule has 1 radical (unpaired) electrons. The van der Waals surface area contributed by atoms with Crippen molar-refractivity contribution < 1.29 is 14.6 Å². The van der Waals surface area contributed by atoms with Gasteiger partial charge in [0.25, 0.3) is 0 Å². The van der Waals surface area contributed by atoms with Crippen molar-refractivity contribution >= 4 is 6.16 Å². The third-order valence-electron chi connectivity index (χ3n) is 4.47. The largest absolute Gasteiger partial charge is 0.549 e. The molecule has 137 valence electrons. The van der Waals surface area contributed by atoms with E-state index >= 15 is 0 Å². The van der Waals surface area contributed by atoms with Crippen molar-refractivity contribution in [3.8, 4) is 0 Å². The fraction of sp³-hybridized carbons (Fsp3) is 0.950. The highest BCUT2D eigenvalue weighted by molar-refractivity contribution is 5.56. The van der Waals surface area contributed by atoms with Crippen LogP contribution in [0.4, 0.5) is 4.79 Å². The van der Waals surface area contributed by atoms with Crippen LogP contribution < -0.4 is 0 Å². The predicted molar refractivity (Wildman–Crippen MR) is 96.2 cm³/mol. The van der Waals surface area contributed by atoms with Gasteiger partial charge in [0.1, 0.15) is 0 Å². The molecule has 0 atom stereocenters. The van der Waals surface area contributed by atoms with Crippen molar-refractivity contribution in [2.45, 2.75) is 116 Å². The van der Waals surface area contributed by atoms with Gasteiger partial charge in [-0.1, -0.05) is 110 Å². The summed E-state index contributed by atoms with van der Waals surface area (Å²) >= 11 is 0. The molecule has 23 heavy (non-hydrogen) atoms. The Morgan fingerprint density at radius 3 is 1.17 bits per heavy atom. The summed E-state index contributed by atoms with van der Waals surface area (Å²) in [6.45, 7) is 2.57. The Hall–Kier alpha value is -0.730. The first-order valence-corrected chi connectivity index (χ1v) is 10.1. The normalized spacial score (nSPS) is 10.8. The van der Waals surface area contributed by atoms with Crippen LogP contribution in [-0.2, 0) is 9.84 Å². The predicted octanol–water partition coefficient (Wildman–Crippen LogP) is 7.21. The Bertz CT molecular complexity index is 241. The molecule has 0 aromatic rings. The highest BCUT2D eigenvalue weighted by atomic mass is 16.7. The average Bonchev–Trinajstić information content (AvgIpc) is 2.53. The van der Waals surface area contributed by atoms with Crippen LogP contribution in [0.25, 0.3) is 0 Å². The standard InChI is InChI=1S/C20H39O3/c1-2-3-4-5-6-7-8-9-10-11-12-13-14-15-16-17-18-19-23-20(21)22/h2-19H2,1H3. The van der Waals surface area contributed by atoms with Crippen LogP contribution in [0.3, 0.4) is 0 Å². The molecule has 0 heterocycles. The maximum atomic E-state index is 10.0. The molecule has 3 heteroatoms. The molecule has 0 saturated carbocycles. The summed E-state index contributed by atoms with van der Waals surface area (Å²) in [5.41, 5.74) is 0. The number of rotatable bonds is 18. The van der Waals surface area contributed by atoms with Crippen molar-refractivity contribution in [1.29, 1.82) is 0 Å². The van der Waals surface area contributed by atoms with Gasteiger partial charge in [-0.25, -0.2) is 0 Å². The van der Waals surface area contributed by atoms with Crippen LogP contribution >= 0.6 is 0 Å². The maximum absolute atomic E-state index is 10.0. The summed E-state index contributed by atoms with van der Waals surface area (Å²) < 4.78 is 4.37. The SMILES string of the molecule is CCCCCCCCCCCCCCCCCCCOC([O])=O. The molecular weight excluding hydrogens is 288 g/mol. The lowest BCUT2D eigenvalue weighted by Gasteiger charge is -2.03. The molecule has 0 aliphatic carbocycles. The smallest absolute Gasteiger partial charge is 0.432 e. The lowest BCUT2D eigenvalue weighted by Crippen LogP contribution is -1.99. The van der Waals surface area contributed by atoms with Crippen LogP contribution in [0.1, 0.15) is 116 Å². The van der Waals surface area contributed by atoms with E-state index in [0.29, 0.717) is 6.61 Å². The Labute approximate surface area is 144 Å². The third kappa shape index (κ3) is 21.3. The summed E-state index contributed by atoms with van der Waals surface area (Å²) in [4.78, 5) is 10.0. The summed E-state index contributed by atoms with van der Waals surface area (Å²) in [5.74, 6) is 0. The van der Waals surface area contributed by atoms with Gasteiger partial charge >= 0.3 is 6.16 Å². The second-order valence-corrected chi connectivity index (χ2v) is 6.76. The molecular formula is C20H39O3. The second-order valence-electron chi connectivity index (χ2n) is 6.76. The highest BCUT2D eigenvalue weighted by Crippen LogP contribution is 2.13. The quantitative estimate of drug-likeness (QED) is 0.197. The number of unbranched alkanes of at least 4 members (excludes halogenated alkanes) is 16. The Kier molecular flexibility index (Phi) is 18.7. The van der Waals surface area contributed by atoms with Crippen LogP contribution in [-0.4, -0.2) is 12.8 Å². The highest BCUT2D eigenvalue weighted by Gasteiger charge is 1.98. The van der Waals surface area contributed by atoms with E-state index in [1.807, 2.05) is 0 Å². The number of hydrogen-bond donors (Lipinski definition) is 0. The van der Waals surface area contributed by atoms with E-state index in [1.54, 1.807) is 0 Å². The van der Waals surface area contributed by atoms with E-state index in [1.165, 1.54) is 96.3 Å². The molecule has 0 amide bonds. The van der Waals surface area contributed by atoms with E-state index in [4.69, 9.17) is 0 Å². The van der Waals surface area contributed by atoms with Gasteiger partial charge in [-0.2, -0.15) is 9.90 Å². The van der Waals surface area contributed by atoms with Crippen molar-refractivity contribution in [3.63, 3.8) is 0 Å². The molecule has 0 saturated heterocycles. The summed E-state index contributed by atoms with van der Waals surface area (Å²) in [7, 11) is 0. The van der Waals surface area contributed by atoms with E-state index in [2.05, 4.69) is 11.7 Å². The number of carbonyl (C=O) groups is 1. The molecule has 0 bridgehead atoms. The topological polar surface area (TPSA) is 46.2 Å². The van der Waals surface area contributed by atoms with Gasteiger partial charge < -0.3 is 4.74 Å². The fourth-order valence-corrected chi connectivity index (χ4v) is 2.98. The minimum atomic E-state index is -1.40. The average molecular weight is 328 g/mol. The molecule has 0 rings (SSSR count). The first-order chi connectivity index (χ1) is 11.3. The Balaban J connectivity index is 2.96. The Morgan fingerprint density at radius 1 is 0.565 bits per heavy atom. The molecule has 0 aromatic carbocycles. The van der Waals surface area contributed by atoms with Crippen molar-refractivity contribution in [3.05, 3.63) is 0 Å². The van der Waals surface area contributed by atoms with Gasteiger partial charge in [0.05, 0.1) is 6.61 Å². The van der Waals surface area contributed by atoms with Crippen molar-refractivity contribution in [2.24, 2.45) is 0 Å². The molecule has 0 aromatic heterocycles. The zero-order chi connectivity index (χ0) is 17.0. The molecule has 0 aliphatic rings. The molecule has 0 spiro atoms. The Morgan fingerprint density at radius 2 is 0.870 bits per heavy atom. The number of carbonyl (C=O) groups excluding carboxylic acids is 1. The number of hydrogen-bond acceptors (Lipinski definition) is 2. The van der Waals surface area contributed by atoms with Gasteiger partial charge in [-0.05, 0) is 6.42 Å². The third-order valence-corrected chi connectivity index (χ3v) is 4.47. The van der Waals surface area contributed by atoms with Crippen LogP contribution in [0.5, 0.6) is 0 Å². The number of ether oxygens (including phenoxy) is 1. The zero-order valence-corrected chi connectivity index (χ0v) is 15.5. The van der Waals surface area contributed by atoms with E-state index in [-0.39, 0.29) is 0 Å². The first-order valence-electron chi connectivity index (χ1n) is 10.1. The van der Waals surface area contributed by atoms with Crippen molar-refractivity contribution in [2.75, 3.05) is 6.61 Å². The first kappa shape index (κ1) is 22.3. The minimum Gasteiger partial charge on any atom is -0.432 e. The van der Waals surface area contributed by atoms with E-state index < -0.39 is 6.16 Å². The van der Waals surface area contributed by atoms with E-state index in [9.17, 15) is 9.90 Å². The molecule has 0 fully saturated rings. The minimum absolute atomic E-state index is 0.293. The maximum Gasteiger partial charge on any atom is 0.549 e. The molecule has 0 unspecified atom stereocenters. The van der Waals surface area contributed by atoms with Crippen molar-refractivity contribution in [1.82, 2.24) is 0 Å². The fourth-order valence-electron chi connectivity index (χ4n) is 2.98. The van der Waals surface area contributed by atoms with Crippen LogP contribution in [0.15, 0.2) is 0 Å². The summed E-state index contributed by atoms with van der Waals surface area (Å²) in [6, 6.07) is 0. The molecule has 0 aliphatic heterocycles. The van der Waals surface area contributed by atoms with E-state index in [0.717, 1.165) is 12.8 Å². The summed E-state index contributed by atoms with van der Waals surface area (Å²) in [6.07, 6.45) is 21.2. The summed E-state index contributed by atoms with van der Waals surface area (Å²) in [5, 5.41) is 10.0. The van der Waals surface area contributed by atoms with Gasteiger partial charge in [0.15, 0.2) is 0 Å².